The fraction of sp³-hybridized carbons (Fsp3) is 0.259. The molecule has 0 aliphatic rings. The monoisotopic (exact) mass is 477 g/mol. The predicted octanol–water partition coefficient (Wildman–Crippen LogP) is 3.22. The van der Waals surface area contributed by atoms with Gasteiger partial charge in [0.05, 0.1) is 0 Å². The van der Waals surface area contributed by atoms with Crippen LogP contribution in [0.15, 0.2) is 64.2 Å². The molecule has 9 heteroatoms. The van der Waals surface area contributed by atoms with Crippen molar-refractivity contribution in [2.24, 2.45) is 7.05 Å². The summed E-state index contributed by atoms with van der Waals surface area (Å²) in [5.74, 6) is 0.456. The molecule has 2 aromatic carbocycles. The highest BCUT2D eigenvalue weighted by Gasteiger charge is 2.32. The average molecular weight is 478 g/mol. The molecule has 0 saturated carbocycles. The molecule has 0 amide bonds. The molecule has 0 aliphatic carbocycles. The molecular weight excluding hydrogens is 454 g/mol. The van der Waals surface area contributed by atoms with Gasteiger partial charge in [0.1, 0.15) is 24.0 Å². The molecule has 2 aromatic heterocycles. The number of nitrogens with zero attached hydrogens (tertiary/aromatic N) is 7. The van der Waals surface area contributed by atoms with E-state index in [0.717, 1.165) is 12.0 Å². The first-order valence-corrected chi connectivity index (χ1v) is 11.5. The van der Waals surface area contributed by atoms with Gasteiger partial charge in [-0.1, -0.05) is 67.9 Å². The number of benzene rings is 2. The van der Waals surface area contributed by atoms with E-state index < -0.39 is 16.7 Å². The van der Waals surface area contributed by atoms with Gasteiger partial charge >= 0.3 is 5.69 Å². The van der Waals surface area contributed by atoms with Gasteiger partial charge in [-0.25, -0.2) is 9.78 Å². The summed E-state index contributed by atoms with van der Waals surface area (Å²) in [6, 6.07) is 21.3. The Bertz CT molecular complexity index is 1640. The molecule has 0 fully saturated rings. The number of hydrogen-bond acceptors (Lipinski definition) is 6. The summed E-state index contributed by atoms with van der Waals surface area (Å²) < 4.78 is 4.43. The Morgan fingerprint density at radius 3 is 2.14 bits per heavy atom. The molecule has 0 atom stereocenters. The molecule has 0 unspecified atom stereocenters. The van der Waals surface area contributed by atoms with Gasteiger partial charge in [-0.05, 0) is 12.0 Å². The molecule has 0 saturated heterocycles. The van der Waals surface area contributed by atoms with Crippen molar-refractivity contribution in [2.45, 2.75) is 38.3 Å². The van der Waals surface area contributed by atoms with Crippen molar-refractivity contribution >= 4 is 11.2 Å². The van der Waals surface area contributed by atoms with Crippen molar-refractivity contribution in [3.05, 3.63) is 86.6 Å². The lowest BCUT2D eigenvalue weighted by Crippen LogP contribution is -2.39. The second-order valence-electron chi connectivity index (χ2n) is 8.49. The number of unbranched alkanes of at least 4 members (excludes halogenated alkanes) is 1. The van der Waals surface area contributed by atoms with Gasteiger partial charge in [-0.2, -0.15) is 15.8 Å². The molecule has 0 aliphatic heterocycles. The predicted molar refractivity (Wildman–Crippen MR) is 134 cm³/mol. The zero-order valence-corrected chi connectivity index (χ0v) is 20.0. The van der Waals surface area contributed by atoms with E-state index in [1.54, 1.807) is 42.0 Å². The van der Waals surface area contributed by atoms with Gasteiger partial charge < -0.3 is 4.57 Å². The Hall–Kier alpha value is -4.94. The van der Waals surface area contributed by atoms with E-state index >= 15 is 0 Å². The van der Waals surface area contributed by atoms with Gasteiger partial charge in [0.15, 0.2) is 11.2 Å². The van der Waals surface area contributed by atoms with E-state index in [1.165, 1.54) is 21.3 Å². The highest BCUT2D eigenvalue weighted by atomic mass is 16.2. The Morgan fingerprint density at radius 1 is 0.917 bits per heavy atom. The standard InChI is InChI=1S/C27H23N7O2/c1-3-4-14-33-25(35)22-24(32(2)26(33)36)31-23(34(22)15-19-8-6-5-7-9-19)20-10-12-21(13-11-20)27(16-28,17-29)18-30/h5-13H,3-4,14-15H2,1-2H3. The summed E-state index contributed by atoms with van der Waals surface area (Å²) in [5.41, 5.74) is -0.344. The smallest absolute Gasteiger partial charge is 0.314 e. The fourth-order valence-electron chi connectivity index (χ4n) is 4.16. The SMILES string of the molecule is CCCCn1c(=O)c2c(nc(-c3ccc(C(C#N)(C#N)C#N)cc3)n2Cc2ccccc2)n(C)c1=O. The van der Waals surface area contributed by atoms with Crippen molar-refractivity contribution < 1.29 is 0 Å². The second-order valence-corrected chi connectivity index (χ2v) is 8.49. The molecular formula is C27H23N7O2. The number of nitriles is 3. The number of rotatable bonds is 7. The minimum absolute atomic E-state index is 0.249. The number of fused-ring (bicyclic) bond motifs is 1. The topological polar surface area (TPSA) is 133 Å². The minimum Gasteiger partial charge on any atom is -0.314 e. The number of aryl methyl sites for hydroxylation is 1. The van der Waals surface area contributed by atoms with Crippen molar-refractivity contribution in [2.75, 3.05) is 0 Å². The molecule has 0 spiro atoms. The number of imidazole rings is 1. The highest BCUT2D eigenvalue weighted by Crippen LogP contribution is 2.28. The third-order valence-corrected chi connectivity index (χ3v) is 6.23. The summed E-state index contributed by atoms with van der Waals surface area (Å²) >= 11 is 0. The molecule has 178 valence electrons. The molecule has 0 N–H and O–H groups in total. The summed E-state index contributed by atoms with van der Waals surface area (Å²) in [6.07, 6.45) is 1.53. The van der Waals surface area contributed by atoms with Crippen molar-refractivity contribution in [3.63, 3.8) is 0 Å². The van der Waals surface area contributed by atoms with Crippen LogP contribution in [0.2, 0.25) is 0 Å². The van der Waals surface area contributed by atoms with Crippen LogP contribution in [-0.2, 0) is 25.6 Å². The molecule has 36 heavy (non-hydrogen) atoms. The van der Waals surface area contributed by atoms with Gasteiger partial charge in [0.25, 0.3) is 11.0 Å². The number of hydrogen-bond donors (Lipinski definition) is 0. The number of aromatic nitrogens is 4. The van der Waals surface area contributed by atoms with E-state index in [0.29, 0.717) is 36.4 Å². The maximum absolute atomic E-state index is 13.5. The molecule has 4 rings (SSSR count). The van der Waals surface area contributed by atoms with Crippen LogP contribution >= 0.6 is 0 Å². The lowest BCUT2D eigenvalue weighted by molar-refractivity contribution is 0.565. The zero-order valence-electron chi connectivity index (χ0n) is 20.0. The van der Waals surface area contributed by atoms with E-state index in [2.05, 4.69) is 0 Å². The van der Waals surface area contributed by atoms with Gasteiger partial charge in [0.2, 0.25) is 0 Å². The van der Waals surface area contributed by atoms with Crippen molar-refractivity contribution in [1.29, 1.82) is 15.8 Å². The maximum Gasteiger partial charge on any atom is 0.332 e. The average Bonchev–Trinajstić information content (AvgIpc) is 3.29. The largest absolute Gasteiger partial charge is 0.332 e. The van der Waals surface area contributed by atoms with E-state index in [1.807, 2.05) is 37.3 Å². The quantitative estimate of drug-likeness (QED) is 0.401. The van der Waals surface area contributed by atoms with Crippen molar-refractivity contribution in [3.8, 4) is 29.6 Å². The third kappa shape index (κ3) is 3.96. The van der Waals surface area contributed by atoms with Crippen LogP contribution in [-0.4, -0.2) is 18.7 Å². The molecule has 0 bridgehead atoms. The van der Waals surface area contributed by atoms with Crippen LogP contribution in [0.25, 0.3) is 22.6 Å². The first-order chi connectivity index (χ1) is 17.4. The summed E-state index contributed by atoms with van der Waals surface area (Å²) in [4.78, 5) is 31.2. The molecule has 2 heterocycles. The lowest BCUT2D eigenvalue weighted by atomic mass is 9.84. The molecule has 9 nitrogen and oxygen atoms in total. The van der Waals surface area contributed by atoms with Crippen LogP contribution in [0.5, 0.6) is 0 Å². The normalized spacial score (nSPS) is 11.1. The first-order valence-electron chi connectivity index (χ1n) is 11.5. The summed E-state index contributed by atoms with van der Waals surface area (Å²) in [6.45, 7) is 2.65. The Morgan fingerprint density at radius 2 is 1.56 bits per heavy atom. The zero-order chi connectivity index (χ0) is 25.9. The summed E-state index contributed by atoms with van der Waals surface area (Å²) in [5, 5.41) is 28.2. The third-order valence-electron chi connectivity index (χ3n) is 6.23. The summed E-state index contributed by atoms with van der Waals surface area (Å²) in [7, 11) is 1.60. The Balaban J connectivity index is 1.98. The van der Waals surface area contributed by atoms with E-state index in [9.17, 15) is 25.4 Å². The van der Waals surface area contributed by atoms with Crippen LogP contribution in [0, 0.1) is 34.0 Å². The van der Waals surface area contributed by atoms with Gasteiger partial charge in [0, 0.05) is 31.3 Å². The Kier molecular flexibility index (Phi) is 6.54. The maximum atomic E-state index is 13.5. The van der Waals surface area contributed by atoms with Gasteiger partial charge in [-0.3, -0.25) is 13.9 Å². The molecule has 4 aromatic rings. The highest BCUT2D eigenvalue weighted by molar-refractivity contribution is 5.77. The van der Waals surface area contributed by atoms with Crippen LogP contribution in [0.3, 0.4) is 0 Å². The van der Waals surface area contributed by atoms with Crippen molar-refractivity contribution in [1.82, 2.24) is 18.7 Å². The van der Waals surface area contributed by atoms with E-state index in [-0.39, 0.29) is 11.2 Å². The second kappa shape index (κ2) is 9.74. The van der Waals surface area contributed by atoms with Gasteiger partial charge in [-0.15, -0.1) is 0 Å². The Labute approximate surface area is 207 Å². The van der Waals surface area contributed by atoms with E-state index in [4.69, 9.17) is 4.98 Å². The first kappa shape index (κ1) is 24.2. The fourth-order valence-corrected chi connectivity index (χ4v) is 4.16. The minimum atomic E-state index is -1.92. The van der Waals surface area contributed by atoms with Crippen LogP contribution < -0.4 is 11.2 Å². The van der Waals surface area contributed by atoms with Crippen LogP contribution in [0.4, 0.5) is 0 Å². The van der Waals surface area contributed by atoms with Crippen LogP contribution in [0.1, 0.15) is 30.9 Å². The molecule has 0 radical (unpaired) electrons. The lowest BCUT2D eigenvalue weighted by Gasteiger charge is -2.13.